The molecule has 104 valence electrons. The van der Waals surface area contributed by atoms with Gasteiger partial charge in [-0.1, -0.05) is 11.3 Å². The smallest absolute Gasteiger partial charge is 0.270 e. The zero-order valence-corrected chi connectivity index (χ0v) is 11.7. The molecule has 2 rings (SSSR count). The van der Waals surface area contributed by atoms with Gasteiger partial charge in [0.25, 0.3) is 6.04 Å². The Hall–Kier alpha value is -1.42. The lowest BCUT2D eigenvalue weighted by Gasteiger charge is -2.08. The Morgan fingerprint density at radius 2 is 2.42 bits per heavy atom. The average Bonchev–Trinajstić information content (AvgIpc) is 2.98. The summed E-state index contributed by atoms with van der Waals surface area (Å²) in [6.45, 7) is 1.19. The molecule has 8 nitrogen and oxygen atoms in total. The summed E-state index contributed by atoms with van der Waals surface area (Å²) >= 11 is 3.05. The van der Waals surface area contributed by atoms with Crippen LogP contribution in [0.1, 0.15) is 11.4 Å². The van der Waals surface area contributed by atoms with Gasteiger partial charge in [-0.2, -0.15) is 11.8 Å². The molecule has 1 atom stereocenters. The molecule has 0 radical (unpaired) electrons. The predicted octanol–water partition coefficient (Wildman–Crippen LogP) is 0.391. The number of aromatic nitrogens is 2. The van der Waals surface area contributed by atoms with E-state index in [2.05, 4.69) is 20.5 Å². The molecule has 10 heteroatoms. The van der Waals surface area contributed by atoms with Crippen LogP contribution < -0.4 is 11.1 Å². The third-order valence-corrected chi connectivity index (χ3v) is 4.42. The SMILES string of the molecule is Nc1nnc(CSCCNC2=NCCC2[N+](=O)[O-])s1. The molecule has 0 aliphatic carbocycles. The van der Waals surface area contributed by atoms with Gasteiger partial charge >= 0.3 is 0 Å². The summed E-state index contributed by atoms with van der Waals surface area (Å²) < 4.78 is 0. The molecular weight excluding hydrogens is 288 g/mol. The van der Waals surface area contributed by atoms with Crippen molar-refractivity contribution in [1.29, 1.82) is 0 Å². The van der Waals surface area contributed by atoms with E-state index in [1.807, 2.05) is 0 Å². The first-order chi connectivity index (χ1) is 9.16. The number of thioether (sulfide) groups is 1. The highest BCUT2D eigenvalue weighted by atomic mass is 32.2. The van der Waals surface area contributed by atoms with Crippen molar-refractivity contribution in [3.63, 3.8) is 0 Å². The normalized spacial score (nSPS) is 18.3. The first-order valence-corrected chi connectivity index (χ1v) is 7.71. The van der Waals surface area contributed by atoms with Crippen LogP contribution in [0, 0.1) is 10.1 Å². The summed E-state index contributed by atoms with van der Waals surface area (Å²) in [5, 5.41) is 22.8. The van der Waals surface area contributed by atoms with E-state index in [4.69, 9.17) is 5.73 Å². The zero-order chi connectivity index (χ0) is 13.7. The second kappa shape index (κ2) is 6.66. The maximum absolute atomic E-state index is 10.7. The standard InChI is InChI=1S/C9H14N6O2S2/c10-9-14-13-7(19-9)5-18-4-3-12-8-6(15(16)17)1-2-11-8/h6H,1-5H2,(H2,10,14)(H,11,12). The van der Waals surface area contributed by atoms with E-state index in [9.17, 15) is 10.1 Å². The van der Waals surface area contributed by atoms with Crippen LogP contribution in [0.3, 0.4) is 0 Å². The number of aliphatic imine (C=N–C) groups is 1. The topological polar surface area (TPSA) is 119 Å². The molecule has 1 aromatic heterocycles. The maximum atomic E-state index is 10.7. The van der Waals surface area contributed by atoms with Crippen molar-refractivity contribution in [2.75, 3.05) is 24.6 Å². The summed E-state index contributed by atoms with van der Waals surface area (Å²) in [7, 11) is 0. The minimum atomic E-state index is -0.659. The molecule has 1 aliphatic heterocycles. The lowest BCUT2D eigenvalue weighted by atomic mass is 10.2. The fourth-order valence-corrected chi connectivity index (χ4v) is 3.18. The van der Waals surface area contributed by atoms with Crippen LogP contribution in [0.4, 0.5) is 5.13 Å². The monoisotopic (exact) mass is 302 g/mol. The van der Waals surface area contributed by atoms with Crippen molar-refractivity contribution in [3.05, 3.63) is 15.1 Å². The molecule has 1 aromatic rings. The molecule has 0 spiro atoms. The third-order valence-electron chi connectivity index (χ3n) is 2.52. The predicted molar refractivity (Wildman–Crippen MR) is 76.2 cm³/mol. The van der Waals surface area contributed by atoms with E-state index in [0.717, 1.165) is 16.5 Å². The van der Waals surface area contributed by atoms with Crippen LogP contribution in [0.5, 0.6) is 0 Å². The molecule has 0 saturated heterocycles. The highest BCUT2D eigenvalue weighted by Crippen LogP contribution is 2.17. The van der Waals surface area contributed by atoms with Crippen molar-refractivity contribution in [2.24, 2.45) is 4.99 Å². The fourth-order valence-electron chi connectivity index (χ4n) is 1.66. The van der Waals surface area contributed by atoms with Crippen LogP contribution in [0.25, 0.3) is 0 Å². The van der Waals surface area contributed by atoms with E-state index < -0.39 is 6.04 Å². The number of hydrogen-bond acceptors (Lipinski definition) is 9. The number of nitrogens with one attached hydrogen (secondary N) is 1. The number of anilines is 1. The van der Waals surface area contributed by atoms with E-state index in [-0.39, 0.29) is 4.92 Å². The highest BCUT2D eigenvalue weighted by molar-refractivity contribution is 7.98. The Morgan fingerprint density at radius 1 is 1.58 bits per heavy atom. The van der Waals surface area contributed by atoms with Crippen molar-refractivity contribution in [2.45, 2.75) is 18.2 Å². The van der Waals surface area contributed by atoms with E-state index in [1.165, 1.54) is 11.3 Å². The van der Waals surface area contributed by atoms with Gasteiger partial charge < -0.3 is 11.1 Å². The van der Waals surface area contributed by atoms with Gasteiger partial charge in [0.1, 0.15) is 5.01 Å². The minimum Gasteiger partial charge on any atom is -0.374 e. The molecule has 1 aliphatic rings. The second-order valence-corrected chi connectivity index (χ2v) is 6.07. The van der Waals surface area contributed by atoms with Crippen LogP contribution in [-0.4, -0.2) is 45.8 Å². The summed E-state index contributed by atoms with van der Waals surface area (Å²) in [4.78, 5) is 14.6. The van der Waals surface area contributed by atoms with Crippen molar-refractivity contribution >= 4 is 34.1 Å². The number of rotatable bonds is 6. The number of amidine groups is 1. The summed E-state index contributed by atoms with van der Waals surface area (Å²) in [5.41, 5.74) is 5.48. The molecule has 0 aromatic carbocycles. The van der Waals surface area contributed by atoms with Crippen molar-refractivity contribution < 1.29 is 4.92 Å². The Bertz CT molecular complexity index is 477. The van der Waals surface area contributed by atoms with E-state index in [0.29, 0.717) is 30.5 Å². The first-order valence-electron chi connectivity index (χ1n) is 5.74. The maximum Gasteiger partial charge on any atom is 0.270 e. The number of nitrogens with two attached hydrogens (primary N) is 1. The Kier molecular flexibility index (Phi) is 4.91. The number of nitrogen functional groups attached to an aromatic ring is 1. The van der Waals surface area contributed by atoms with Crippen molar-refractivity contribution in [1.82, 2.24) is 15.5 Å². The minimum absolute atomic E-state index is 0.282. The van der Waals surface area contributed by atoms with Crippen LogP contribution in [-0.2, 0) is 5.75 Å². The van der Waals surface area contributed by atoms with E-state index in [1.54, 1.807) is 11.8 Å². The van der Waals surface area contributed by atoms with E-state index >= 15 is 0 Å². The molecule has 19 heavy (non-hydrogen) atoms. The van der Waals surface area contributed by atoms with Crippen molar-refractivity contribution in [3.8, 4) is 0 Å². The van der Waals surface area contributed by atoms with Crippen LogP contribution in [0.2, 0.25) is 0 Å². The quantitative estimate of drug-likeness (QED) is 0.443. The van der Waals surface area contributed by atoms with Gasteiger partial charge in [0.05, 0.1) is 0 Å². The molecule has 0 saturated carbocycles. The molecular formula is C9H14N6O2S2. The molecule has 1 unspecified atom stereocenters. The molecule has 0 amide bonds. The lowest BCUT2D eigenvalue weighted by molar-refractivity contribution is -0.502. The van der Waals surface area contributed by atoms with Gasteiger partial charge in [-0.3, -0.25) is 15.1 Å². The van der Waals surface area contributed by atoms with Gasteiger partial charge in [0.2, 0.25) is 5.13 Å². The summed E-state index contributed by atoms with van der Waals surface area (Å²) in [6.07, 6.45) is 0.493. The summed E-state index contributed by atoms with van der Waals surface area (Å²) in [5.74, 6) is 2.08. The molecule has 0 fully saturated rings. The molecule has 2 heterocycles. The first kappa shape index (κ1) is 14.0. The summed E-state index contributed by atoms with van der Waals surface area (Å²) in [6, 6.07) is -0.659. The fraction of sp³-hybridized carbons (Fsp3) is 0.667. The second-order valence-electron chi connectivity index (χ2n) is 3.87. The Morgan fingerprint density at radius 3 is 3.11 bits per heavy atom. The van der Waals surface area contributed by atoms with Gasteiger partial charge in [-0.05, 0) is 0 Å². The third kappa shape index (κ3) is 4.03. The van der Waals surface area contributed by atoms with Gasteiger partial charge in [-0.25, -0.2) is 0 Å². The van der Waals surface area contributed by atoms with Crippen LogP contribution >= 0.6 is 23.1 Å². The highest BCUT2D eigenvalue weighted by Gasteiger charge is 2.30. The number of nitro groups is 1. The Balaban J connectivity index is 1.63. The van der Waals surface area contributed by atoms with Gasteiger partial charge in [0, 0.05) is 35.9 Å². The Labute approximate surface area is 118 Å². The van der Waals surface area contributed by atoms with Crippen LogP contribution in [0.15, 0.2) is 4.99 Å². The van der Waals surface area contributed by atoms with Gasteiger partial charge in [-0.15, -0.1) is 10.2 Å². The largest absolute Gasteiger partial charge is 0.374 e. The number of hydrogen-bond donors (Lipinski definition) is 2. The number of nitrogens with zero attached hydrogens (tertiary/aromatic N) is 4. The molecule has 0 bridgehead atoms. The zero-order valence-electron chi connectivity index (χ0n) is 10.1. The van der Waals surface area contributed by atoms with Gasteiger partial charge in [0.15, 0.2) is 5.84 Å². The molecule has 3 N–H and O–H groups in total. The lowest BCUT2D eigenvalue weighted by Crippen LogP contribution is -2.37. The average molecular weight is 302 g/mol.